The predicted molar refractivity (Wildman–Crippen MR) is 86.3 cm³/mol. The highest BCUT2D eigenvalue weighted by Gasteiger charge is 2.21. The first-order valence-corrected chi connectivity index (χ1v) is 8.65. The molecule has 0 amide bonds. The van der Waals surface area contributed by atoms with E-state index >= 15 is 0 Å². The number of nitriles is 1. The Hall–Kier alpha value is -1.65. The third-order valence-corrected chi connectivity index (χ3v) is 5.27. The monoisotopic (exact) mass is 372 g/mol. The zero-order valence-corrected chi connectivity index (χ0v) is 14.2. The van der Waals surface area contributed by atoms with Gasteiger partial charge in [-0.05, 0) is 42.8 Å². The molecule has 0 saturated heterocycles. The lowest BCUT2D eigenvalue weighted by molar-refractivity contribution is 0.564. The lowest BCUT2D eigenvalue weighted by Gasteiger charge is -2.16. The molecule has 0 aliphatic carbocycles. The lowest BCUT2D eigenvalue weighted by Crippen LogP contribution is -2.27. The summed E-state index contributed by atoms with van der Waals surface area (Å²) in [6.07, 6.45) is 0. The third-order valence-electron chi connectivity index (χ3n) is 3.11. The summed E-state index contributed by atoms with van der Waals surface area (Å²) in [4.78, 5) is -0.0612. The van der Waals surface area contributed by atoms with Crippen molar-refractivity contribution in [1.29, 1.82) is 5.26 Å². The van der Waals surface area contributed by atoms with Gasteiger partial charge in [0, 0.05) is 11.1 Å². The van der Waals surface area contributed by atoms with Crippen LogP contribution < -0.4 is 4.72 Å². The van der Waals surface area contributed by atoms with Crippen LogP contribution in [0.15, 0.2) is 41.3 Å². The first-order chi connectivity index (χ1) is 10.7. The van der Waals surface area contributed by atoms with Gasteiger partial charge >= 0.3 is 0 Å². The molecule has 0 aliphatic heterocycles. The molecule has 1 atom stereocenters. The summed E-state index contributed by atoms with van der Waals surface area (Å²) in [6.45, 7) is 1.53. The van der Waals surface area contributed by atoms with Crippen LogP contribution in [0.25, 0.3) is 0 Å². The number of sulfonamides is 1. The standard InChI is InChI=1S/C15H11Cl2FN2O2S/c1-9(12-6-15(18)14(17)7-13(12)16)20-23(21,22)11-4-2-3-10(5-11)8-19/h2-7,9,20H,1H3/t9-/m0/s1. The average Bonchev–Trinajstić information content (AvgIpc) is 2.50. The number of rotatable bonds is 4. The van der Waals surface area contributed by atoms with E-state index in [0.29, 0.717) is 0 Å². The van der Waals surface area contributed by atoms with E-state index < -0.39 is 21.9 Å². The second-order valence-electron chi connectivity index (χ2n) is 4.77. The van der Waals surface area contributed by atoms with E-state index in [9.17, 15) is 12.8 Å². The molecule has 23 heavy (non-hydrogen) atoms. The molecule has 1 N–H and O–H groups in total. The second-order valence-corrected chi connectivity index (χ2v) is 7.30. The molecule has 0 spiro atoms. The fraction of sp³-hybridized carbons (Fsp3) is 0.133. The van der Waals surface area contributed by atoms with Gasteiger partial charge in [-0.15, -0.1) is 0 Å². The van der Waals surface area contributed by atoms with Crippen molar-refractivity contribution in [2.75, 3.05) is 0 Å². The summed E-state index contributed by atoms with van der Waals surface area (Å²) in [7, 11) is -3.90. The van der Waals surface area contributed by atoms with Crippen molar-refractivity contribution in [2.45, 2.75) is 17.9 Å². The van der Waals surface area contributed by atoms with Gasteiger partial charge in [0.05, 0.1) is 21.6 Å². The predicted octanol–water partition coefficient (Wildman–Crippen LogP) is 4.04. The van der Waals surface area contributed by atoms with E-state index in [1.807, 2.05) is 6.07 Å². The van der Waals surface area contributed by atoms with Crippen molar-refractivity contribution in [3.8, 4) is 6.07 Å². The molecule has 0 fully saturated rings. The van der Waals surface area contributed by atoms with E-state index in [-0.39, 0.29) is 26.1 Å². The van der Waals surface area contributed by atoms with Gasteiger partial charge in [-0.3, -0.25) is 0 Å². The summed E-state index contributed by atoms with van der Waals surface area (Å²) in [5.74, 6) is -0.691. The van der Waals surface area contributed by atoms with Gasteiger partial charge in [-0.1, -0.05) is 29.3 Å². The molecule has 0 heterocycles. The molecule has 0 saturated carbocycles. The maximum absolute atomic E-state index is 13.6. The maximum Gasteiger partial charge on any atom is 0.241 e. The molecule has 0 unspecified atom stereocenters. The van der Waals surface area contributed by atoms with E-state index in [4.69, 9.17) is 28.5 Å². The van der Waals surface area contributed by atoms with Crippen LogP contribution in [0.2, 0.25) is 10.0 Å². The SMILES string of the molecule is C[C@H](NS(=O)(=O)c1cccc(C#N)c1)c1cc(F)c(Cl)cc1Cl. The van der Waals surface area contributed by atoms with Crippen LogP contribution in [0.4, 0.5) is 4.39 Å². The Labute approximate surface area is 143 Å². The molecule has 0 aliphatic rings. The number of hydrogen-bond acceptors (Lipinski definition) is 3. The van der Waals surface area contributed by atoms with Crippen molar-refractivity contribution < 1.29 is 12.8 Å². The molecule has 0 bridgehead atoms. The van der Waals surface area contributed by atoms with Crippen LogP contribution in [-0.2, 0) is 10.0 Å². The molecular formula is C15H11Cl2FN2O2S. The summed E-state index contributed by atoms with van der Waals surface area (Å²) in [5, 5.41) is 8.85. The minimum atomic E-state index is -3.90. The second kappa shape index (κ2) is 6.85. The topological polar surface area (TPSA) is 70.0 Å². The van der Waals surface area contributed by atoms with Crippen LogP contribution in [0.5, 0.6) is 0 Å². The van der Waals surface area contributed by atoms with Crippen LogP contribution in [0.1, 0.15) is 24.1 Å². The molecule has 0 aromatic heterocycles. The van der Waals surface area contributed by atoms with Crippen molar-refractivity contribution >= 4 is 33.2 Å². The van der Waals surface area contributed by atoms with Crippen LogP contribution in [0.3, 0.4) is 0 Å². The summed E-state index contributed by atoms with van der Waals surface area (Å²) >= 11 is 11.6. The summed E-state index contributed by atoms with van der Waals surface area (Å²) in [5.41, 5.74) is 0.477. The lowest BCUT2D eigenvalue weighted by atomic mass is 10.1. The highest BCUT2D eigenvalue weighted by molar-refractivity contribution is 7.89. The number of hydrogen-bond donors (Lipinski definition) is 1. The van der Waals surface area contributed by atoms with Crippen molar-refractivity contribution in [3.63, 3.8) is 0 Å². The summed E-state index contributed by atoms with van der Waals surface area (Å²) < 4.78 is 40.7. The quantitative estimate of drug-likeness (QED) is 0.823. The highest BCUT2D eigenvalue weighted by atomic mass is 35.5. The summed E-state index contributed by atoms with van der Waals surface area (Å²) in [6, 6.07) is 8.96. The first-order valence-electron chi connectivity index (χ1n) is 6.41. The fourth-order valence-corrected chi connectivity index (χ4v) is 3.78. The van der Waals surface area contributed by atoms with Gasteiger partial charge in [0.25, 0.3) is 0 Å². The molecule has 4 nitrogen and oxygen atoms in total. The molecule has 8 heteroatoms. The van der Waals surface area contributed by atoms with Crippen molar-refractivity contribution in [3.05, 3.63) is 63.4 Å². The minimum absolute atomic E-state index is 0.0612. The van der Waals surface area contributed by atoms with E-state index in [1.54, 1.807) is 0 Å². The fourth-order valence-electron chi connectivity index (χ4n) is 1.97. The van der Waals surface area contributed by atoms with Gasteiger partial charge < -0.3 is 0 Å². The molecule has 0 radical (unpaired) electrons. The minimum Gasteiger partial charge on any atom is -0.207 e. The molecule has 2 rings (SSSR count). The molecular weight excluding hydrogens is 362 g/mol. The van der Waals surface area contributed by atoms with Gasteiger partial charge in [0.2, 0.25) is 10.0 Å². The Bertz CT molecular complexity index is 895. The Morgan fingerprint density at radius 2 is 1.91 bits per heavy atom. The largest absolute Gasteiger partial charge is 0.241 e. The zero-order valence-electron chi connectivity index (χ0n) is 11.8. The smallest absolute Gasteiger partial charge is 0.207 e. The van der Waals surface area contributed by atoms with Crippen molar-refractivity contribution in [1.82, 2.24) is 4.72 Å². The van der Waals surface area contributed by atoms with E-state index in [2.05, 4.69) is 4.72 Å². The van der Waals surface area contributed by atoms with Gasteiger partial charge in [-0.25, -0.2) is 17.5 Å². The van der Waals surface area contributed by atoms with E-state index in [1.165, 1.54) is 37.3 Å². The number of halogens is 3. The van der Waals surface area contributed by atoms with E-state index in [0.717, 1.165) is 6.07 Å². The van der Waals surface area contributed by atoms with Crippen molar-refractivity contribution in [2.24, 2.45) is 0 Å². The Kier molecular flexibility index (Phi) is 5.27. The van der Waals surface area contributed by atoms with Gasteiger partial charge in [-0.2, -0.15) is 5.26 Å². The zero-order chi connectivity index (χ0) is 17.2. The molecule has 2 aromatic carbocycles. The van der Waals surface area contributed by atoms with Crippen LogP contribution in [-0.4, -0.2) is 8.42 Å². The van der Waals surface area contributed by atoms with Gasteiger partial charge in [0.1, 0.15) is 5.82 Å². The number of benzene rings is 2. The number of nitrogens with one attached hydrogen (secondary N) is 1. The Morgan fingerprint density at radius 3 is 2.57 bits per heavy atom. The third kappa shape index (κ3) is 4.01. The maximum atomic E-state index is 13.6. The van der Waals surface area contributed by atoms with Crippen LogP contribution >= 0.6 is 23.2 Å². The average molecular weight is 373 g/mol. The Balaban J connectivity index is 2.34. The van der Waals surface area contributed by atoms with Gasteiger partial charge in [0.15, 0.2) is 0 Å². The Morgan fingerprint density at radius 1 is 1.22 bits per heavy atom. The highest BCUT2D eigenvalue weighted by Crippen LogP contribution is 2.29. The normalized spacial score (nSPS) is 12.7. The first kappa shape index (κ1) is 17.7. The number of nitrogens with zero attached hydrogens (tertiary/aromatic N) is 1. The molecule has 2 aromatic rings. The molecule has 120 valence electrons. The van der Waals surface area contributed by atoms with Crippen LogP contribution in [0, 0.1) is 17.1 Å².